The molecule has 0 atom stereocenters. The lowest BCUT2D eigenvalue weighted by Crippen LogP contribution is -2.43. The van der Waals surface area contributed by atoms with Gasteiger partial charge in [0.15, 0.2) is 5.82 Å². The van der Waals surface area contributed by atoms with Crippen molar-refractivity contribution >= 4 is 29.0 Å². The Hall–Kier alpha value is -1.36. The number of aliphatic hydroxyl groups is 1. The van der Waals surface area contributed by atoms with E-state index in [4.69, 9.17) is 23.2 Å². The Balaban J connectivity index is 1.75. The molecule has 2 aromatic rings. The van der Waals surface area contributed by atoms with E-state index in [9.17, 15) is 5.11 Å². The highest BCUT2D eigenvalue weighted by Gasteiger charge is 2.34. The standard InChI is InChI=1S/C15H15Cl2N3O/c16-12-3-1-11(2-4-12)15(21)5-7-20(8-6-15)14-13(17)9-18-10-19-14/h1-4,9-10,21H,5-8H2. The fraction of sp³-hybridized carbons (Fsp3) is 0.333. The van der Waals surface area contributed by atoms with Crippen molar-refractivity contribution in [1.29, 1.82) is 0 Å². The van der Waals surface area contributed by atoms with Gasteiger partial charge in [0.2, 0.25) is 0 Å². The molecule has 0 aliphatic carbocycles. The molecule has 1 fully saturated rings. The number of hydrogen-bond donors (Lipinski definition) is 1. The second-order valence-electron chi connectivity index (χ2n) is 5.22. The summed E-state index contributed by atoms with van der Waals surface area (Å²) in [4.78, 5) is 10.2. The van der Waals surface area contributed by atoms with Crippen LogP contribution in [0.2, 0.25) is 10.0 Å². The first-order valence-corrected chi connectivity index (χ1v) is 7.53. The minimum absolute atomic E-state index is 0.537. The molecular weight excluding hydrogens is 309 g/mol. The molecule has 4 nitrogen and oxygen atoms in total. The van der Waals surface area contributed by atoms with Crippen LogP contribution in [0.15, 0.2) is 36.8 Å². The molecule has 0 spiro atoms. The minimum atomic E-state index is -0.819. The van der Waals surface area contributed by atoms with E-state index in [1.165, 1.54) is 6.33 Å². The van der Waals surface area contributed by atoms with Crippen LogP contribution in [0.25, 0.3) is 0 Å². The molecule has 1 N–H and O–H groups in total. The van der Waals surface area contributed by atoms with Crippen LogP contribution in [0, 0.1) is 0 Å². The number of aromatic nitrogens is 2. The van der Waals surface area contributed by atoms with Crippen molar-refractivity contribution in [3.63, 3.8) is 0 Å². The third-order valence-electron chi connectivity index (χ3n) is 3.92. The van der Waals surface area contributed by atoms with E-state index in [1.807, 2.05) is 24.3 Å². The van der Waals surface area contributed by atoms with Crippen LogP contribution in [0.1, 0.15) is 18.4 Å². The Labute approximate surface area is 133 Å². The number of rotatable bonds is 2. The molecule has 6 heteroatoms. The maximum Gasteiger partial charge on any atom is 0.150 e. The van der Waals surface area contributed by atoms with Gasteiger partial charge in [-0.25, -0.2) is 9.97 Å². The zero-order valence-electron chi connectivity index (χ0n) is 11.3. The quantitative estimate of drug-likeness (QED) is 0.921. The molecule has 1 aromatic carbocycles. The number of piperidine rings is 1. The van der Waals surface area contributed by atoms with Gasteiger partial charge in [0, 0.05) is 18.1 Å². The van der Waals surface area contributed by atoms with Gasteiger partial charge in [0.05, 0.1) is 11.8 Å². The topological polar surface area (TPSA) is 49.2 Å². The summed E-state index contributed by atoms with van der Waals surface area (Å²) >= 11 is 12.0. The molecule has 0 radical (unpaired) electrons. The van der Waals surface area contributed by atoms with Gasteiger partial charge < -0.3 is 10.0 Å². The highest BCUT2D eigenvalue weighted by atomic mass is 35.5. The molecule has 3 rings (SSSR count). The van der Waals surface area contributed by atoms with Crippen molar-refractivity contribution in [3.05, 3.63) is 52.4 Å². The van der Waals surface area contributed by atoms with Crippen molar-refractivity contribution in [2.24, 2.45) is 0 Å². The van der Waals surface area contributed by atoms with E-state index >= 15 is 0 Å². The fourth-order valence-electron chi connectivity index (χ4n) is 2.68. The molecule has 1 aromatic heterocycles. The number of hydrogen-bond acceptors (Lipinski definition) is 4. The smallest absolute Gasteiger partial charge is 0.150 e. The maximum atomic E-state index is 10.8. The highest BCUT2D eigenvalue weighted by Crippen LogP contribution is 2.35. The summed E-state index contributed by atoms with van der Waals surface area (Å²) in [5.41, 5.74) is 0.0842. The first-order valence-electron chi connectivity index (χ1n) is 6.77. The molecular formula is C15H15Cl2N3O. The molecule has 0 amide bonds. The van der Waals surface area contributed by atoms with E-state index < -0.39 is 5.60 Å². The second kappa shape index (κ2) is 5.79. The van der Waals surface area contributed by atoms with E-state index in [2.05, 4.69) is 14.9 Å². The van der Waals surface area contributed by atoms with Crippen molar-refractivity contribution in [3.8, 4) is 0 Å². The lowest BCUT2D eigenvalue weighted by atomic mass is 9.84. The molecule has 0 saturated carbocycles. The van der Waals surface area contributed by atoms with Gasteiger partial charge in [-0.05, 0) is 30.5 Å². The van der Waals surface area contributed by atoms with Crippen LogP contribution >= 0.6 is 23.2 Å². The SMILES string of the molecule is OC1(c2ccc(Cl)cc2)CCN(c2ncncc2Cl)CC1. The van der Waals surface area contributed by atoms with E-state index in [-0.39, 0.29) is 0 Å². The summed E-state index contributed by atoms with van der Waals surface area (Å²) in [6.07, 6.45) is 4.31. The normalized spacial score (nSPS) is 17.8. The average molecular weight is 324 g/mol. The van der Waals surface area contributed by atoms with Crippen LogP contribution in [0.3, 0.4) is 0 Å². The highest BCUT2D eigenvalue weighted by molar-refractivity contribution is 6.32. The number of benzene rings is 1. The van der Waals surface area contributed by atoms with Crippen LogP contribution in [-0.2, 0) is 5.60 Å². The third-order valence-corrected chi connectivity index (χ3v) is 4.44. The molecule has 0 bridgehead atoms. The lowest BCUT2D eigenvalue weighted by molar-refractivity contribution is 0.0116. The first kappa shape index (κ1) is 14.6. The van der Waals surface area contributed by atoms with Crippen molar-refractivity contribution < 1.29 is 5.11 Å². The monoisotopic (exact) mass is 323 g/mol. The summed E-state index contributed by atoms with van der Waals surface area (Å²) in [5.74, 6) is 0.727. The lowest BCUT2D eigenvalue weighted by Gasteiger charge is -2.39. The first-order chi connectivity index (χ1) is 10.1. The van der Waals surface area contributed by atoms with Gasteiger partial charge in [0.25, 0.3) is 0 Å². The molecule has 0 unspecified atom stereocenters. The summed E-state index contributed by atoms with van der Waals surface area (Å²) in [6, 6.07) is 7.39. The van der Waals surface area contributed by atoms with Gasteiger partial charge in [-0.2, -0.15) is 0 Å². The molecule has 1 aliphatic rings. The summed E-state index contributed by atoms with van der Waals surface area (Å²) in [7, 11) is 0. The fourth-order valence-corrected chi connectivity index (χ4v) is 3.03. The van der Waals surface area contributed by atoms with Gasteiger partial charge in [-0.3, -0.25) is 0 Å². The Morgan fingerprint density at radius 2 is 1.76 bits per heavy atom. The minimum Gasteiger partial charge on any atom is -0.385 e. The average Bonchev–Trinajstić information content (AvgIpc) is 2.49. The Kier molecular flexibility index (Phi) is 4.02. The Morgan fingerprint density at radius 3 is 2.38 bits per heavy atom. The van der Waals surface area contributed by atoms with Crippen LogP contribution in [0.5, 0.6) is 0 Å². The Bertz CT molecular complexity index is 625. The van der Waals surface area contributed by atoms with Gasteiger partial charge in [-0.1, -0.05) is 35.3 Å². The molecule has 21 heavy (non-hydrogen) atoms. The predicted molar refractivity (Wildman–Crippen MR) is 83.8 cm³/mol. The summed E-state index contributed by atoms with van der Waals surface area (Å²) < 4.78 is 0. The van der Waals surface area contributed by atoms with E-state index in [0.717, 1.165) is 11.4 Å². The molecule has 1 aliphatic heterocycles. The maximum absolute atomic E-state index is 10.8. The molecule has 2 heterocycles. The van der Waals surface area contributed by atoms with Crippen LogP contribution in [0.4, 0.5) is 5.82 Å². The van der Waals surface area contributed by atoms with Gasteiger partial charge in [0.1, 0.15) is 11.3 Å². The molecule has 110 valence electrons. The van der Waals surface area contributed by atoms with Crippen LogP contribution in [-0.4, -0.2) is 28.2 Å². The second-order valence-corrected chi connectivity index (χ2v) is 6.06. The third kappa shape index (κ3) is 2.98. The largest absolute Gasteiger partial charge is 0.385 e. The number of nitrogens with zero attached hydrogens (tertiary/aromatic N) is 3. The number of anilines is 1. The Morgan fingerprint density at radius 1 is 1.10 bits per heavy atom. The van der Waals surface area contributed by atoms with Crippen molar-refractivity contribution in [2.45, 2.75) is 18.4 Å². The zero-order valence-corrected chi connectivity index (χ0v) is 12.8. The van der Waals surface area contributed by atoms with Gasteiger partial charge in [-0.15, -0.1) is 0 Å². The van der Waals surface area contributed by atoms with Gasteiger partial charge >= 0.3 is 0 Å². The van der Waals surface area contributed by atoms with E-state index in [0.29, 0.717) is 36.0 Å². The summed E-state index contributed by atoms with van der Waals surface area (Å²) in [5, 5.41) is 12.0. The molecule has 1 saturated heterocycles. The van der Waals surface area contributed by atoms with Crippen LogP contribution < -0.4 is 4.90 Å². The number of halogens is 2. The van der Waals surface area contributed by atoms with Crippen molar-refractivity contribution in [1.82, 2.24) is 9.97 Å². The van der Waals surface area contributed by atoms with E-state index in [1.54, 1.807) is 6.20 Å². The summed E-state index contributed by atoms with van der Waals surface area (Å²) in [6.45, 7) is 1.38. The van der Waals surface area contributed by atoms with Crippen molar-refractivity contribution in [2.75, 3.05) is 18.0 Å². The zero-order chi connectivity index (χ0) is 14.9. The predicted octanol–water partition coefficient (Wildman–Crippen LogP) is 3.27.